The van der Waals surface area contributed by atoms with E-state index < -0.39 is 22.0 Å². The number of pyridine rings is 1. The molecule has 0 bridgehead atoms. The van der Waals surface area contributed by atoms with Crippen molar-refractivity contribution in [2.24, 2.45) is 0 Å². The third-order valence-corrected chi connectivity index (χ3v) is 4.62. The molecule has 1 atom stereocenters. The molecule has 1 aromatic carbocycles. The molecule has 6 nitrogen and oxygen atoms in total. The molecule has 0 fully saturated rings. The van der Waals surface area contributed by atoms with E-state index >= 15 is 0 Å². The van der Waals surface area contributed by atoms with Crippen molar-refractivity contribution in [1.82, 2.24) is 9.71 Å². The third-order valence-electron chi connectivity index (χ3n) is 3.08. The average molecular weight is 320 g/mol. The molecule has 0 aliphatic rings. The predicted octanol–water partition coefficient (Wildman–Crippen LogP) is 1.91. The first kappa shape index (κ1) is 16.1. The van der Waals surface area contributed by atoms with Crippen LogP contribution in [-0.2, 0) is 14.8 Å². The Hall–Kier alpha value is -2.25. The molecule has 7 heteroatoms. The second-order valence-electron chi connectivity index (χ2n) is 4.65. The van der Waals surface area contributed by atoms with Gasteiger partial charge in [-0.05, 0) is 36.8 Å². The summed E-state index contributed by atoms with van der Waals surface area (Å²) in [5, 5.41) is 0. The molecule has 116 valence electrons. The lowest BCUT2D eigenvalue weighted by Gasteiger charge is -2.14. The first-order valence-electron chi connectivity index (χ1n) is 6.54. The molecule has 22 heavy (non-hydrogen) atoms. The fraction of sp³-hybridized carbons (Fsp3) is 0.200. The Balaban J connectivity index is 2.25. The zero-order chi connectivity index (χ0) is 16.2. The Morgan fingerprint density at radius 1 is 1.27 bits per heavy atom. The molecule has 2 aromatic rings. The predicted molar refractivity (Wildman–Crippen MR) is 80.8 cm³/mol. The molecule has 1 heterocycles. The number of hydrogen-bond donors (Lipinski definition) is 1. The molecule has 0 aliphatic heterocycles. The Morgan fingerprint density at radius 3 is 2.68 bits per heavy atom. The first-order valence-corrected chi connectivity index (χ1v) is 8.03. The van der Waals surface area contributed by atoms with Gasteiger partial charge in [-0.2, -0.15) is 0 Å². The zero-order valence-electron chi connectivity index (χ0n) is 12.2. The van der Waals surface area contributed by atoms with E-state index in [2.05, 4.69) is 14.4 Å². The van der Waals surface area contributed by atoms with Crippen molar-refractivity contribution in [2.45, 2.75) is 17.9 Å². The summed E-state index contributed by atoms with van der Waals surface area (Å²) in [6, 6.07) is 8.77. The average Bonchev–Trinajstić information content (AvgIpc) is 2.54. The highest BCUT2D eigenvalue weighted by molar-refractivity contribution is 7.89. The van der Waals surface area contributed by atoms with Crippen LogP contribution in [0.15, 0.2) is 53.7 Å². The largest absolute Gasteiger partial charge is 0.465 e. The van der Waals surface area contributed by atoms with Crippen LogP contribution in [0.4, 0.5) is 0 Å². The fourth-order valence-electron chi connectivity index (χ4n) is 1.91. The van der Waals surface area contributed by atoms with Gasteiger partial charge in [0.25, 0.3) is 0 Å². The van der Waals surface area contributed by atoms with Gasteiger partial charge in [0.2, 0.25) is 10.0 Å². The smallest absolute Gasteiger partial charge is 0.337 e. The van der Waals surface area contributed by atoms with Crippen LogP contribution in [0.5, 0.6) is 0 Å². The Kier molecular flexibility index (Phi) is 4.89. The fourth-order valence-corrected chi connectivity index (χ4v) is 3.19. The monoisotopic (exact) mass is 320 g/mol. The quantitative estimate of drug-likeness (QED) is 0.851. The molecule has 1 aromatic heterocycles. The number of hydrogen-bond acceptors (Lipinski definition) is 5. The number of methoxy groups -OCH3 is 1. The van der Waals surface area contributed by atoms with Gasteiger partial charge in [-0.25, -0.2) is 17.9 Å². The Labute approximate surface area is 129 Å². The van der Waals surface area contributed by atoms with E-state index in [4.69, 9.17) is 0 Å². The molecule has 0 amide bonds. The molecular formula is C15H16N2O4S. The maximum atomic E-state index is 12.4. The highest BCUT2D eigenvalue weighted by atomic mass is 32.2. The molecule has 0 saturated carbocycles. The highest BCUT2D eigenvalue weighted by Gasteiger charge is 2.20. The van der Waals surface area contributed by atoms with Crippen LogP contribution in [0.25, 0.3) is 0 Å². The zero-order valence-corrected chi connectivity index (χ0v) is 13.0. The molecule has 0 radical (unpaired) electrons. The van der Waals surface area contributed by atoms with E-state index in [1.54, 1.807) is 31.5 Å². The normalized spacial score (nSPS) is 12.6. The van der Waals surface area contributed by atoms with Gasteiger partial charge in [0.1, 0.15) is 0 Å². The Bertz CT molecular complexity index is 760. The number of ether oxygens (including phenoxy) is 1. The summed E-state index contributed by atoms with van der Waals surface area (Å²) in [6.07, 6.45) is 3.21. The molecule has 0 unspecified atom stereocenters. The van der Waals surface area contributed by atoms with Crippen molar-refractivity contribution in [2.75, 3.05) is 7.11 Å². The second-order valence-corrected chi connectivity index (χ2v) is 6.36. The number of carbonyl (C=O) groups excluding carboxylic acids is 1. The lowest BCUT2D eigenvalue weighted by Crippen LogP contribution is -2.27. The first-order chi connectivity index (χ1) is 10.4. The van der Waals surface area contributed by atoms with Crippen LogP contribution in [0.2, 0.25) is 0 Å². The van der Waals surface area contributed by atoms with Crippen LogP contribution in [0.3, 0.4) is 0 Å². The highest BCUT2D eigenvalue weighted by Crippen LogP contribution is 2.17. The summed E-state index contributed by atoms with van der Waals surface area (Å²) in [7, 11) is -2.52. The van der Waals surface area contributed by atoms with Gasteiger partial charge in [0.05, 0.1) is 17.6 Å². The van der Waals surface area contributed by atoms with Gasteiger partial charge in [-0.1, -0.05) is 12.1 Å². The summed E-state index contributed by atoms with van der Waals surface area (Å²) in [6.45, 7) is 1.72. The van der Waals surface area contributed by atoms with Gasteiger partial charge < -0.3 is 4.74 Å². The number of rotatable bonds is 5. The van der Waals surface area contributed by atoms with Crippen molar-refractivity contribution in [1.29, 1.82) is 0 Å². The van der Waals surface area contributed by atoms with Gasteiger partial charge in [-0.3, -0.25) is 4.98 Å². The summed E-state index contributed by atoms with van der Waals surface area (Å²) in [4.78, 5) is 15.5. The van der Waals surface area contributed by atoms with Gasteiger partial charge >= 0.3 is 5.97 Å². The number of sulfonamides is 1. The van der Waals surface area contributed by atoms with Gasteiger partial charge in [-0.15, -0.1) is 0 Å². The number of carbonyl (C=O) groups is 1. The van der Waals surface area contributed by atoms with E-state index in [-0.39, 0.29) is 10.5 Å². The van der Waals surface area contributed by atoms with E-state index in [1.807, 2.05) is 0 Å². The minimum Gasteiger partial charge on any atom is -0.465 e. The summed E-state index contributed by atoms with van der Waals surface area (Å²) < 4.78 is 31.9. The maximum Gasteiger partial charge on any atom is 0.337 e. The van der Waals surface area contributed by atoms with Crippen molar-refractivity contribution < 1.29 is 17.9 Å². The van der Waals surface area contributed by atoms with E-state index in [0.29, 0.717) is 0 Å². The van der Waals surface area contributed by atoms with Crippen LogP contribution in [-0.4, -0.2) is 26.5 Å². The van der Waals surface area contributed by atoms with E-state index in [9.17, 15) is 13.2 Å². The number of esters is 1. The maximum absolute atomic E-state index is 12.4. The summed E-state index contributed by atoms with van der Waals surface area (Å²) in [5.74, 6) is -0.586. The van der Waals surface area contributed by atoms with Crippen LogP contribution >= 0.6 is 0 Å². The lowest BCUT2D eigenvalue weighted by atomic mass is 10.2. The third kappa shape index (κ3) is 3.69. The standard InChI is InChI=1S/C15H16N2O4S/c1-11(13-6-4-8-16-10-13)17-22(19,20)14-7-3-5-12(9-14)15(18)21-2/h3-11,17H,1-2H3/t11-/m0/s1. The minimum absolute atomic E-state index is 0.00569. The van der Waals surface area contributed by atoms with Crippen LogP contribution < -0.4 is 4.72 Å². The molecule has 0 aliphatic carbocycles. The van der Waals surface area contributed by atoms with Crippen molar-refractivity contribution in [3.8, 4) is 0 Å². The summed E-state index contributed by atoms with van der Waals surface area (Å²) >= 11 is 0. The second kappa shape index (κ2) is 6.67. The molecule has 0 spiro atoms. The molecule has 1 N–H and O–H groups in total. The van der Waals surface area contributed by atoms with Crippen molar-refractivity contribution in [3.63, 3.8) is 0 Å². The van der Waals surface area contributed by atoms with E-state index in [0.717, 1.165) is 5.56 Å². The molecule has 2 rings (SSSR count). The number of nitrogens with one attached hydrogen (secondary N) is 1. The SMILES string of the molecule is COC(=O)c1cccc(S(=O)(=O)N[C@@H](C)c2cccnc2)c1. The molecular weight excluding hydrogens is 304 g/mol. The topological polar surface area (TPSA) is 85.4 Å². The minimum atomic E-state index is -3.76. The summed E-state index contributed by atoms with van der Waals surface area (Å²) in [5.41, 5.74) is 0.926. The lowest BCUT2D eigenvalue weighted by molar-refractivity contribution is 0.0600. The molecule has 0 saturated heterocycles. The van der Waals surface area contributed by atoms with Crippen molar-refractivity contribution in [3.05, 3.63) is 59.9 Å². The van der Waals surface area contributed by atoms with Gasteiger partial charge in [0.15, 0.2) is 0 Å². The van der Waals surface area contributed by atoms with Crippen LogP contribution in [0, 0.1) is 0 Å². The number of nitrogens with zero attached hydrogens (tertiary/aromatic N) is 1. The Morgan fingerprint density at radius 2 is 2.05 bits per heavy atom. The van der Waals surface area contributed by atoms with Gasteiger partial charge in [0, 0.05) is 18.4 Å². The number of aromatic nitrogens is 1. The van der Waals surface area contributed by atoms with E-state index in [1.165, 1.54) is 31.4 Å². The van der Waals surface area contributed by atoms with Crippen LogP contribution in [0.1, 0.15) is 28.9 Å². The number of benzene rings is 1. The van der Waals surface area contributed by atoms with Crippen molar-refractivity contribution >= 4 is 16.0 Å².